The number of carbonyl (C=O) groups is 1. The van der Waals surface area contributed by atoms with Gasteiger partial charge >= 0.3 is 5.69 Å². The van der Waals surface area contributed by atoms with Crippen molar-refractivity contribution in [1.82, 2.24) is 14.5 Å². The second kappa shape index (κ2) is 9.25. The first-order chi connectivity index (χ1) is 14.4. The van der Waals surface area contributed by atoms with Crippen molar-refractivity contribution in [2.24, 2.45) is 0 Å². The Morgan fingerprint density at radius 3 is 2.47 bits per heavy atom. The van der Waals surface area contributed by atoms with Crippen molar-refractivity contribution in [2.75, 3.05) is 0 Å². The molecule has 2 aromatic carbocycles. The Labute approximate surface area is 177 Å². The molecule has 1 aromatic heterocycles. The van der Waals surface area contributed by atoms with Crippen LogP contribution in [0.15, 0.2) is 70.4 Å². The van der Waals surface area contributed by atoms with Crippen LogP contribution in [-0.2, 0) is 17.9 Å². The minimum absolute atomic E-state index is 0.196. The SMILES string of the molecule is CCn1cc(C#N)c(=O)n(CC(=O)NC(c2ccccc2)c2cccc(Cl)c2)c1=O. The molecule has 8 heteroatoms. The Kier molecular flexibility index (Phi) is 6.50. The zero-order chi connectivity index (χ0) is 21.7. The van der Waals surface area contributed by atoms with Crippen molar-refractivity contribution < 1.29 is 4.79 Å². The summed E-state index contributed by atoms with van der Waals surface area (Å²) in [5.74, 6) is -0.541. The molecule has 152 valence electrons. The fraction of sp³-hybridized carbons (Fsp3) is 0.182. The molecule has 3 aromatic rings. The molecule has 0 aliphatic carbocycles. The molecule has 1 heterocycles. The fourth-order valence-electron chi connectivity index (χ4n) is 3.14. The van der Waals surface area contributed by atoms with Gasteiger partial charge in [0.2, 0.25) is 5.91 Å². The first-order valence-electron chi connectivity index (χ1n) is 9.28. The highest BCUT2D eigenvalue weighted by Crippen LogP contribution is 2.24. The summed E-state index contributed by atoms with van der Waals surface area (Å²) in [6, 6.07) is 17.6. The molecular formula is C22H19ClN4O3. The summed E-state index contributed by atoms with van der Waals surface area (Å²) < 4.78 is 2.00. The number of benzene rings is 2. The van der Waals surface area contributed by atoms with Crippen LogP contribution >= 0.6 is 11.6 Å². The van der Waals surface area contributed by atoms with Crippen LogP contribution in [0, 0.1) is 11.3 Å². The summed E-state index contributed by atoms with van der Waals surface area (Å²) in [6.07, 6.45) is 1.21. The number of aryl methyl sites for hydroxylation is 1. The van der Waals surface area contributed by atoms with Gasteiger partial charge in [0.15, 0.2) is 0 Å². The van der Waals surface area contributed by atoms with Gasteiger partial charge in [-0.25, -0.2) is 9.36 Å². The van der Waals surface area contributed by atoms with E-state index in [1.165, 1.54) is 10.8 Å². The predicted molar refractivity (Wildman–Crippen MR) is 113 cm³/mol. The van der Waals surface area contributed by atoms with E-state index in [9.17, 15) is 14.4 Å². The van der Waals surface area contributed by atoms with Crippen LogP contribution < -0.4 is 16.6 Å². The Hall–Kier alpha value is -3.63. The summed E-state index contributed by atoms with van der Waals surface area (Å²) in [5.41, 5.74) is -0.0564. The first-order valence-corrected chi connectivity index (χ1v) is 9.66. The first kappa shape index (κ1) is 21.1. The highest BCUT2D eigenvalue weighted by atomic mass is 35.5. The lowest BCUT2D eigenvalue weighted by molar-refractivity contribution is -0.122. The molecule has 0 spiro atoms. The van der Waals surface area contributed by atoms with Crippen LogP contribution in [0.4, 0.5) is 0 Å². The molecule has 0 aliphatic rings. The molecule has 0 aliphatic heterocycles. The van der Waals surface area contributed by atoms with Gasteiger partial charge in [-0.15, -0.1) is 0 Å². The summed E-state index contributed by atoms with van der Waals surface area (Å²) in [6.45, 7) is 1.48. The van der Waals surface area contributed by atoms with E-state index in [4.69, 9.17) is 16.9 Å². The largest absolute Gasteiger partial charge is 0.344 e. The van der Waals surface area contributed by atoms with Gasteiger partial charge < -0.3 is 5.32 Å². The van der Waals surface area contributed by atoms with Crippen LogP contribution in [-0.4, -0.2) is 15.0 Å². The lowest BCUT2D eigenvalue weighted by Gasteiger charge is -2.20. The number of nitrogens with zero attached hydrogens (tertiary/aromatic N) is 3. The second-order valence-corrected chi connectivity index (χ2v) is 7.02. The number of carbonyl (C=O) groups excluding carboxylic acids is 1. The van der Waals surface area contributed by atoms with Crippen LogP contribution in [0.3, 0.4) is 0 Å². The van der Waals surface area contributed by atoms with E-state index in [0.717, 1.165) is 15.7 Å². The molecule has 1 N–H and O–H groups in total. The number of amides is 1. The Bertz CT molecular complexity index is 1230. The van der Waals surface area contributed by atoms with Crippen molar-refractivity contribution in [3.05, 3.63) is 103 Å². The topological polar surface area (TPSA) is 96.9 Å². The van der Waals surface area contributed by atoms with E-state index in [1.54, 1.807) is 31.2 Å². The van der Waals surface area contributed by atoms with Gasteiger partial charge in [0.05, 0.1) is 6.04 Å². The predicted octanol–water partition coefficient (Wildman–Crippen LogP) is 2.46. The molecule has 30 heavy (non-hydrogen) atoms. The van der Waals surface area contributed by atoms with Crippen molar-refractivity contribution in [2.45, 2.75) is 26.1 Å². The lowest BCUT2D eigenvalue weighted by Crippen LogP contribution is -2.45. The average Bonchev–Trinajstić information content (AvgIpc) is 2.76. The molecular weight excluding hydrogens is 404 g/mol. The zero-order valence-electron chi connectivity index (χ0n) is 16.2. The standard InChI is InChI=1S/C22H19ClN4O3/c1-2-26-13-17(12-24)21(29)27(22(26)30)14-19(28)25-20(15-7-4-3-5-8-15)16-9-6-10-18(23)11-16/h3-11,13,20H,2,14H2,1H3,(H,25,28). The minimum Gasteiger partial charge on any atom is -0.344 e. The molecule has 0 radical (unpaired) electrons. The number of nitrogens with one attached hydrogen (secondary N) is 1. The smallest absolute Gasteiger partial charge is 0.331 e. The maximum absolute atomic E-state index is 12.8. The van der Waals surface area contributed by atoms with Gasteiger partial charge in [-0.2, -0.15) is 5.26 Å². The Balaban J connectivity index is 1.96. The molecule has 1 atom stereocenters. The third-order valence-corrected chi connectivity index (χ3v) is 4.86. The van der Waals surface area contributed by atoms with Crippen LogP contribution in [0.2, 0.25) is 5.02 Å². The van der Waals surface area contributed by atoms with E-state index >= 15 is 0 Å². The van der Waals surface area contributed by atoms with Gasteiger partial charge in [0.1, 0.15) is 18.2 Å². The number of rotatable bonds is 6. The fourth-order valence-corrected chi connectivity index (χ4v) is 3.34. The van der Waals surface area contributed by atoms with Gasteiger partial charge in [-0.3, -0.25) is 14.2 Å². The van der Waals surface area contributed by atoms with Crippen molar-refractivity contribution in [1.29, 1.82) is 5.26 Å². The lowest BCUT2D eigenvalue weighted by atomic mass is 9.98. The van der Waals surface area contributed by atoms with E-state index in [1.807, 2.05) is 36.4 Å². The summed E-state index contributed by atoms with van der Waals surface area (Å²) in [4.78, 5) is 37.8. The average molecular weight is 423 g/mol. The van der Waals surface area contributed by atoms with Gasteiger partial charge in [-0.1, -0.05) is 54.1 Å². The number of hydrogen-bond acceptors (Lipinski definition) is 4. The Morgan fingerprint density at radius 2 is 1.83 bits per heavy atom. The molecule has 3 rings (SSSR count). The van der Waals surface area contributed by atoms with E-state index in [0.29, 0.717) is 5.02 Å². The summed E-state index contributed by atoms with van der Waals surface area (Å²) in [7, 11) is 0. The molecule has 0 fully saturated rings. The summed E-state index contributed by atoms with van der Waals surface area (Å²) >= 11 is 6.12. The zero-order valence-corrected chi connectivity index (χ0v) is 17.0. The monoisotopic (exact) mass is 422 g/mol. The van der Waals surface area contributed by atoms with Crippen LogP contribution in [0.1, 0.15) is 29.7 Å². The number of halogens is 1. The van der Waals surface area contributed by atoms with E-state index in [2.05, 4.69) is 5.32 Å². The molecule has 7 nitrogen and oxygen atoms in total. The van der Waals surface area contributed by atoms with Gasteiger partial charge in [0.25, 0.3) is 5.56 Å². The maximum Gasteiger partial charge on any atom is 0.331 e. The normalized spacial score (nSPS) is 11.5. The number of aromatic nitrogens is 2. The van der Waals surface area contributed by atoms with Gasteiger partial charge in [0, 0.05) is 17.8 Å². The van der Waals surface area contributed by atoms with E-state index in [-0.39, 0.29) is 12.1 Å². The highest BCUT2D eigenvalue weighted by molar-refractivity contribution is 6.30. The van der Waals surface area contributed by atoms with Crippen LogP contribution in [0.5, 0.6) is 0 Å². The molecule has 0 saturated heterocycles. The number of nitriles is 1. The van der Waals surface area contributed by atoms with Crippen molar-refractivity contribution in [3.63, 3.8) is 0 Å². The number of hydrogen-bond donors (Lipinski definition) is 1. The molecule has 0 saturated carbocycles. The third kappa shape index (κ3) is 4.50. The summed E-state index contributed by atoms with van der Waals surface area (Å²) in [5, 5.41) is 12.6. The third-order valence-electron chi connectivity index (χ3n) is 4.62. The molecule has 1 amide bonds. The van der Waals surface area contributed by atoms with Crippen molar-refractivity contribution >= 4 is 17.5 Å². The minimum atomic E-state index is -0.790. The van der Waals surface area contributed by atoms with Crippen LogP contribution in [0.25, 0.3) is 0 Å². The van der Waals surface area contributed by atoms with E-state index < -0.39 is 29.7 Å². The quantitative estimate of drug-likeness (QED) is 0.659. The molecule has 1 unspecified atom stereocenters. The molecule has 0 bridgehead atoms. The Morgan fingerprint density at radius 1 is 1.13 bits per heavy atom. The van der Waals surface area contributed by atoms with Gasteiger partial charge in [-0.05, 0) is 30.2 Å². The second-order valence-electron chi connectivity index (χ2n) is 6.58. The maximum atomic E-state index is 12.8. The van der Waals surface area contributed by atoms with Crippen molar-refractivity contribution in [3.8, 4) is 6.07 Å². The highest BCUT2D eigenvalue weighted by Gasteiger charge is 2.19.